The van der Waals surface area contributed by atoms with E-state index in [-0.39, 0.29) is 4.90 Å². The number of hydrogen-bond donors (Lipinski definition) is 2. The van der Waals surface area contributed by atoms with Crippen LogP contribution >= 0.6 is 0 Å². The van der Waals surface area contributed by atoms with Crippen LogP contribution in [0.3, 0.4) is 0 Å². The van der Waals surface area contributed by atoms with Crippen molar-refractivity contribution < 1.29 is 23.1 Å². The summed E-state index contributed by atoms with van der Waals surface area (Å²) >= 11 is 0. The first-order chi connectivity index (χ1) is 11.6. The molecule has 134 valence electrons. The van der Waals surface area contributed by atoms with E-state index in [1.165, 1.54) is 18.2 Å². The maximum atomic E-state index is 12.6. The minimum Gasteiger partial charge on any atom is -0.481 e. The Bertz CT molecular complexity index is 855. The molecule has 0 amide bonds. The van der Waals surface area contributed by atoms with Crippen LogP contribution in [0.15, 0.2) is 53.4 Å². The predicted octanol–water partition coefficient (Wildman–Crippen LogP) is 2.89. The largest absolute Gasteiger partial charge is 0.481 e. The Morgan fingerprint density at radius 3 is 2.32 bits per heavy atom. The van der Waals surface area contributed by atoms with Crippen LogP contribution in [-0.2, 0) is 14.8 Å². The number of rotatable bonds is 6. The molecule has 0 aliphatic rings. The lowest BCUT2D eigenvalue weighted by molar-refractivity contribution is -0.139. The highest BCUT2D eigenvalue weighted by Gasteiger charge is 2.23. The van der Waals surface area contributed by atoms with Gasteiger partial charge >= 0.3 is 5.97 Å². The Balaban J connectivity index is 2.51. The Labute approximate surface area is 147 Å². The number of carboxylic acids is 1. The van der Waals surface area contributed by atoms with Crippen LogP contribution in [0.1, 0.15) is 20.8 Å². The van der Waals surface area contributed by atoms with Gasteiger partial charge in [0.05, 0.1) is 4.90 Å². The molecule has 2 N–H and O–H groups in total. The van der Waals surface area contributed by atoms with Gasteiger partial charge in [0.2, 0.25) is 10.0 Å². The van der Waals surface area contributed by atoms with Crippen molar-refractivity contribution in [1.29, 1.82) is 0 Å². The first-order valence-electron chi connectivity index (χ1n) is 7.66. The Kier molecular flexibility index (Phi) is 5.49. The van der Waals surface area contributed by atoms with Crippen LogP contribution < -0.4 is 9.46 Å². The van der Waals surface area contributed by atoms with Crippen molar-refractivity contribution in [2.24, 2.45) is 0 Å². The summed E-state index contributed by atoms with van der Waals surface area (Å²) in [6.45, 7) is 4.76. The van der Waals surface area contributed by atoms with Gasteiger partial charge in [-0.15, -0.1) is 0 Å². The van der Waals surface area contributed by atoms with Gasteiger partial charge in [-0.2, -0.15) is 0 Å². The van der Waals surface area contributed by atoms with E-state index in [0.717, 1.165) is 5.56 Å². The molecule has 25 heavy (non-hydrogen) atoms. The van der Waals surface area contributed by atoms with Gasteiger partial charge in [-0.25, -0.2) is 17.9 Å². The number of benzene rings is 2. The second-order valence-electron chi connectivity index (χ2n) is 6.56. The molecule has 2 aromatic rings. The number of nitrogens with one attached hydrogen (secondary N) is 1. The molecule has 0 unspecified atom stereocenters. The first kappa shape index (κ1) is 19.0. The van der Waals surface area contributed by atoms with Gasteiger partial charge in [0.1, 0.15) is 5.75 Å². The van der Waals surface area contributed by atoms with E-state index in [1.807, 2.05) is 18.2 Å². The highest BCUT2D eigenvalue weighted by molar-refractivity contribution is 7.89. The third-order valence-corrected chi connectivity index (χ3v) is 4.89. The third kappa shape index (κ3) is 5.30. The fourth-order valence-electron chi connectivity index (χ4n) is 2.25. The SMILES string of the molecule is CC(C)(C)NS(=O)(=O)c1ccc(OCC(=O)O)c(-c2ccccc2)c1. The van der Waals surface area contributed by atoms with E-state index in [1.54, 1.807) is 32.9 Å². The van der Waals surface area contributed by atoms with Crippen molar-refractivity contribution in [3.63, 3.8) is 0 Å². The summed E-state index contributed by atoms with van der Waals surface area (Å²) in [6.07, 6.45) is 0. The molecule has 0 heterocycles. The van der Waals surface area contributed by atoms with E-state index < -0.39 is 28.1 Å². The van der Waals surface area contributed by atoms with Gasteiger partial charge in [-0.1, -0.05) is 30.3 Å². The van der Waals surface area contributed by atoms with E-state index in [4.69, 9.17) is 9.84 Å². The summed E-state index contributed by atoms with van der Waals surface area (Å²) in [5, 5.41) is 8.82. The lowest BCUT2D eigenvalue weighted by Gasteiger charge is -2.21. The van der Waals surface area contributed by atoms with E-state index in [2.05, 4.69) is 4.72 Å². The van der Waals surface area contributed by atoms with Crippen molar-refractivity contribution in [2.45, 2.75) is 31.2 Å². The first-order valence-corrected chi connectivity index (χ1v) is 9.15. The van der Waals surface area contributed by atoms with Gasteiger partial charge in [0, 0.05) is 11.1 Å². The topological polar surface area (TPSA) is 92.7 Å². The Hall–Kier alpha value is -2.38. The lowest BCUT2D eigenvalue weighted by atomic mass is 10.0. The van der Waals surface area contributed by atoms with Crippen LogP contribution in [0, 0.1) is 0 Å². The highest BCUT2D eigenvalue weighted by atomic mass is 32.2. The molecule has 0 aromatic heterocycles. The Morgan fingerprint density at radius 1 is 1.12 bits per heavy atom. The van der Waals surface area contributed by atoms with E-state index >= 15 is 0 Å². The maximum Gasteiger partial charge on any atom is 0.341 e. The number of carboxylic acid groups (broad SMARTS) is 1. The molecule has 0 saturated carbocycles. The van der Waals surface area contributed by atoms with Crippen LogP contribution in [0.4, 0.5) is 0 Å². The second-order valence-corrected chi connectivity index (χ2v) is 8.24. The average molecular weight is 363 g/mol. The number of sulfonamides is 1. The molecule has 0 fully saturated rings. The molecular formula is C18H21NO5S. The Morgan fingerprint density at radius 2 is 1.76 bits per heavy atom. The van der Waals surface area contributed by atoms with Crippen molar-refractivity contribution in [3.05, 3.63) is 48.5 Å². The third-order valence-electron chi connectivity index (χ3n) is 3.14. The van der Waals surface area contributed by atoms with Crippen LogP contribution in [0.5, 0.6) is 5.75 Å². The minimum atomic E-state index is -3.72. The fourth-order valence-corrected chi connectivity index (χ4v) is 3.69. The fraction of sp³-hybridized carbons (Fsp3) is 0.278. The van der Waals surface area contributed by atoms with Crippen LogP contribution in [-0.4, -0.2) is 31.6 Å². The number of hydrogen-bond acceptors (Lipinski definition) is 4. The van der Waals surface area contributed by atoms with Gasteiger partial charge in [-0.05, 0) is 44.5 Å². The lowest BCUT2D eigenvalue weighted by Crippen LogP contribution is -2.40. The smallest absolute Gasteiger partial charge is 0.341 e. The quantitative estimate of drug-likeness (QED) is 0.823. The number of carbonyl (C=O) groups is 1. The van der Waals surface area contributed by atoms with Gasteiger partial charge in [0.25, 0.3) is 0 Å². The van der Waals surface area contributed by atoms with Gasteiger partial charge < -0.3 is 9.84 Å². The molecule has 0 saturated heterocycles. The van der Waals surface area contributed by atoms with Crippen LogP contribution in [0.2, 0.25) is 0 Å². The maximum absolute atomic E-state index is 12.6. The van der Waals surface area contributed by atoms with Crippen molar-refractivity contribution in [3.8, 4) is 16.9 Å². The molecule has 0 spiro atoms. The van der Waals surface area contributed by atoms with Crippen molar-refractivity contribution in [1.82, 2.24) is 4.72 Å². The van der Waals surface area contributed by atoms with Crippen molar-refractivity contribution >= 4 is 16.0 Å². The summed E-state index contributed by atoms with van der Waals surface area (Å²) in [6, 6.07) is 13.4. The summed E-state index contributed by atoms with van der Waals surface area (Å²) in [7, 11) is -3.72. The zero-order valence-electron chi connectivity index (χ0n) is 14.3. The molecule has 7 heteroatoms. The molecule has 0 atom stereocenters. The summed E-state index contributed by atoms with van der Waals surface area (Å²) in [5.41, 5.74) is 0.624. The molecular weight excluding hydrogens is 342 g/mol. The summed E-state index contributed by atoms with van der Waals surface area (Å²) in [5.74, 6) is -0.798. The van der Waals surface area contributed by atoms with Crippen molar-refractivity contribution in [2.75, 3.05) is 6.61 Å². The molecule has 2 rings (SSSR count). The second kappa shape index (κ2) is 7.25. The van der Waals surface area contributed by atoms with E-state index in [9.17, 15) is 13.2 Å². The molecule has 0 aliphatic carbocycles. The molecule has 0 bridgehead atoms. The monoisotopic (exact) mass is 363 g/mol. The zero-order valence-corrected chi connectivity index (χ0v) is 15.1. The normalized spacial score (nSPS) is 12.0. The van der Waals surface area contributed by atoms with E-state index in [0.29, 0.717) is 11.3 Å². The van der Waals surface area contributed by atoms with Gasteiger partial charge in [0.15, 0.2) is 6.61 Å². The molecule has 6 nitrogen and oxygen atoms in total. The summed E-state index contributed by atoms with van der Waals surface area (Å²) in [4.78, 5) is 10.9. The zero-order chi connectivity index (χ0) is 18.7. The number of aliphatic carboxylic acids is 1. The highest BCUT2D eigenvalue weighted by Crippen LogP contribution is 2.32. The predicted molar refractivity (Wildman–Crippen MR) is 95.1 cm³/mol. The standard InChI is InChI=1S/C18H21NO5S/c1-18(2,3)19-25(22,23)14-9-10-16(24-12-17(20)21)15(11-14)13-7-5-4-6-8-13/h4-11,19H,12H2,1-3H3,(H,20,21). The summed E-state index contributed by atoms with van der Waals surface area (Å²) < 4.78 is 33.0. The number of ether oxygens (including phenoxy) is 1. The molecule has 0 radical (unpaired) electrons. The molecule has 0 aliphatic heterocycles. The molecule has 2 aromatic carbocycles. The average Bonchev–Trinajstić information content (AvgIpc) is 2.51. The minimum absolute atomic E-state index is 0.0870. The van der Waals surface area contributed by atoms with Gasteiger partial charge in [-0.3, -0.25) is 0 Å². The van der Waals surface area contributed by atoms with Crippen LogP contribution in [0.25, 0.3) is 11.1 Å².